The maximum absolute atomic E-state index is 12.5. The van der Waals surface area contributed by atoms with Crippen LogP contribution in [0.1, 0.15) is 22.0 Å². The van der Waals surface area contributed by atoms with Crippen LogP contribution in [-0.4, -0.2) is 32.4 Å². The molecule has 0 radical (unpaired) electrons. The summed E-state index contributed by atoms with van der Waals surface area (Å²) in [4.78, 5) is 23.5. The van der Waals surface area contributed by atoms with E-state index in [1.807, 2.05) is 12.1 Å². The van der Waals surface area contributed by atoms with Crippen molar-refractivity contribution in [1.29, 1.82) is 0 Å². The van der Waals surface area contributed by atoms with Crippen LogP contribution in [0.5, 0.6) is 5.75 Å². The van der Waals surface area contributed by atoms with Crippen molar-refractivity contribution in [3.8, 4) is 5.75 Å². The van der Waals surface area contributed by atoms with Gasteiger partial charge in [0.25, 0.3) is 0 Å². The predicted octanol–water partition coefficient (Wildman–Crippen LogP) is 3.52. The number of esters is 1. The van der Waals surface area contributed by atoms with Gasteiger partial charge in [-0.25, -0.2) is 9.48 Å². The summed E-state index contributed by atoms with van der Waals surface area (Å²) in [5.74, 6) is -0.297. The van der Waals surface area contributed by atoms with Crippen LogP contribution < -0.4 is 4.74 Å². The first-order chi connectivity index (χ1) is 14.1. The van der Waals surface area contributed by atoms with E-state index in [0.29, 0.717) is 22.2 Å². The second kappa shape index (κ2) is 7.89. The Labute approximate surface area is 165 Å². The van der Waals surface area contributed by atoms with Gasteiger partial charge in [0.15, 0.2) is 0 Å². The number of carbonyl (C=O) groups excluding carboxylic acids is 1. The van der Waals surface area contributed by atoms with Gasteiger partial charge in [-0.15, -0.1) is 5.10 Å². The molecule has 0 aliphatic carbocycles. The van der Waals surface area contributed by atoms with Gasteiger partial charge in [-0.05, 0) is 30.3 Å². The van der Waals surface area contributed by atoms with Crippen molar-refractivity contribution in [2.24, 2.45) is 0 Å². The molecule has 0 N–H and O–H groups in total. The number of benzene rings is 3. The van der Waals surface area contributed by atoms with Gasteiger partial charge in [-0.1, -0.05) is 53.7 Å². The Morgan fingerprint density at radius 1 is 1.00 bits per heavy atom. The van der Waals surface area contributed by atoms with Crippen molar-refractivity contribution in [2.75, 3.05) is 6.54 Å². The molecule has 0 aliphatic rings. The van der Waals surface area contributed by atoms with Gasteiger partial charge in [-0.3, -0.25) is 10.1 Å². The van der Waals surface area contributed by atoms with E-state index in [1.165, 1.54) is 4.68 Å². The van der Waals surface area contributed by atoms with Crippen LogP contribution in [0.4, 0.5) is 0 Å². The van der Waals surface area contributed by atoms with Gasteiger partial charge in [0.1, 0.15) is 17.3 Å². The van der Waals surface area contributed by atoms with Crippen LogP contribution in [0.15, 0.2) is 78.9 Å². The van der Waals surface area contributed by atoms with Gasteiger partial charge >= 0.3 is 5.97 Å². The zero-order valence-electron chi connectivity index (χ0n) is 15.2. The number of ether oxygens (including phenoxy) is 1. The van der Waals surface area contributed by atoms with Crippen LogP contribution in [0.3, 0.4) is 0 Å². The van der Waals surface area contributed by atoms with E-state index in [9.17, 15) is 14.9 Å². The molecule has 1 heterocycles. The zero-order chi connectivity index (χ0) is 20.2. The molecule has 1 aromatic heterocycles. The summed E-state index contributed by atoms with van der Waals surface area (Å²) in [6.45, 7) is -0.437. The molecule has 0 saturated heterocycles. The van der Waals surface area contributed by atoms with Gasteiger partial charge in [0.05, 0.1) is 11.1 Å². The summed E-state index contributed by atoms with van der Waals surface area (Å²) in [5.41, 5.74) is 2.15. The lowest BCUT2D eigenvalue weighted by molar-refractivity contribution is -0.484. The van der Waals surface area contributed by atoms with E-state index in [4.69, 9.17) is 4.74 Å². The number of aromatic nitrogens is 3. The van der Waals surface area contributed by atoms with Crippen LogP contribution in [-0.2, 0) is 0 Å². The lowest BCUT2D eigenvalue weighted by Gasteiger charge is -2.17. The summed E-state index contributed by atoms with van der Waals surface area (Å²) in [5, 5.41) is 19.6. The molecular weight excluding hydrogens is 372 g/mol. The van der Waals surface area contributed by atoms with E-state index >= 15 is 0 Å². The minimum absolute atomic E-state index is 0.243. The topological polar surface area (TPSA) is 100 Å². The fraction of sp³-hybridized carbons (Fsp3) is 0.0952. The molecule has 0 spiro atoms. The van der Waals surface area contributed by atoms with Crippen molar-refractivity contribution in [2.45, 2.75) is 6.04 Å². The SMILES string of the molecule is O=C(Oc1ccccc1[C@@H](C[N+](=O)[O-])n1nnc2ccccc21)c1ccccc1. The quantitative estimate of drug-likeness (QED) is 0.217. The highest BCUT2D eigenvalue weighted by Gasteiger charge is 2.27. The molecule has 1 atom stereocenters. The predicted molar refractivity (Wildman–Crippen MR) is 105 cm³/mol. The van der Waals surface area contributed by atoms with Crippen LogP contribution in [0.2, 0.25) is 0 Å². The molecule has 0 unspecified atom stereocenters. The number of carbonyl (C=O) groups is 1. The highest BCUT2D eigenvalue weighted by atomic mass is 16.6. The molecule has 8 nitrogen and oxygen atoms in total. The minimum Gasteiger partial charge on any atom is -0.423 e. The van der Waals surface area contributed by atoms with Gasteiger partial charge < -0.3 is 4.74 Å². The first kappa shape index (κ1) is 18.3. The van der Waals surface area contributed by atoms with E-state index in [-0.39, 0.29) is 5.75 Å². The van der Waals surface area contributed by atoms with E-state index in [1.54, 1.807) is 66.7 Å². The average molecular weight is 388 g/mol. The minimum atomic E-state index is -0.794. The van der Waals surface area contributed by atoms with E-state index in [0.717, 1.165) is 0 Å². The Morgan fingerprint density at radius 2 is 1.69 bits per heavy atom. The standard InChI is InChI=1S/C21H16N4O4/c26-21(15-8-2-1-3-9-15)29-20-13-7-4-10-16(20)19(14-24(27)28)25-18-12-6-5-11-17(18)22-23-25/h1-13,19H,14H2/t19-/m1/s1. The van der Waals surface area contributed by atoms with E-state index < -0.39 is 23.5 Å². The highest BCUT2D eigenvalue weighted by molar-refractivity contribution is 5.91. The van der Waals surface area contributed by atoms with Gasteiger partial charge in [0.2, 0.25) is 6.54 Å². The molecule has 4 aromatic rings. The molecule has 29 heavy (non-hydrogen) atoms. The smallest absolute Gasteiger partial charge is 0.343 e. The summed E-state index contributed by atoms with van der Waals surface area (Å²) in [6.07, 6.45) is 0. The molecule has 8 heteroatoms. The molecule has 3 aromatic carbocycles. The normalized spacial score (nSPS) is 11.9. The van der Waals surface area contributed by atoms with Crippen LogP contribution in [0.25, 0.3) is 11.0 Å². The average Bonchev–Trinajstić information content (AvgIpc) is 3.17. The number of hydrogen-bond donors (Lipinski definition) is 0. The summed E-state index contributed by atoms with van der Waals surface area (Å²) in [7, 11) is 0. The number of fused-ring (bicyclic) bond motifs is 1. The Kier molecular flexibility index (Phi) is 4.98. The van der Waals surface area contributed by atoms with Crippen molar-refractivity contribution in [3.63, 3.8) is 0 Å². The molecule has 0 amide bonds. The second-order valence-corrected chi connectivity index (χ2v) is 6.35. The summed E-state index contributed by atoms with van der Waals surface area (Å²) < 4.78 is 7.07. The van der Waals surface area contributed by atoms with Crippen LogP contribution in [0, 0.1) is 10.1 Å². The number of nitro groups is 1. The Hall–Kier alpha value is -4.07. The first-order valence-corrected chi connectivity index (χ1v) is 8.91. The first-order valence-electron chi connectivity index (χ1n) is 8.91. The number of nitrogens with zero attached hydrogens (tertiary/aromatic N) is 4. The fourth-order valence-electron chi connectivity index (χ4n) is 3.15. The monoisotopic (exact) mass is 388 g/mol. The molecule has 0 bridgehead atoms. The zero-order valence-corrected chi connectivity index (χ0v) is 15.2. The third-order valence-electron chi connectivity index (χ3n) is 4.48. The summed E-state index contributed by atoms with van der Waals surface area (Å²) >= 11 is 0. The van der Waals surface area contributed by atoms with Gasteiger partial charge in [0, 0.05) is 10.5 Å². The van der Waals surface area contributed by atoms with Crippen molar-refractivity contribution >= 4 is 17.0 Å². The molecule has 0 saturated carbocycles. The molecule has 0 aliphatic heterocycles. The van der Waals surface area contributed by atoms with Crippen molar-refractivity contribution < 1.29 is 14.5 Å². The Morgan fingerprint density at radius 3 is 2.48 bits per heavy atom. The van der Waals surface area contributed by atoms with E-state index in [2.05, 4.69) is 10.3 Å². The van der Waals surface area contributed by atoms with Crippen molar-refractivity contribution in [1.82, 2.24) is 15.0 Å². The van der Waals surface area contributed by atoms with Gasteiger partial charge in [-0.2, -0.15) is 0 Å². The van der Waals surface area contributed by atoms with Crippen molar-refractivity contribution in [3.05, 3.63) is 100 Å². The highest BCUT2D eigenvalue weighted by Crippen LogP contribution is 2.30. The third kappa shape index (κ3) is 3.81. The fourth-order valence-corrected chi connectivity index (χ4v) is 3.15. The lowest BCUT2D eigenvalue weighted by Crippen LogP contribution is -2.22. The second-order valence-electron chi connectivity index (χ2n) is 6.35. The summed E-state index contributed by atoms with van der Waals surface area (Å²) in [6, 6.07) is 21.7. The molecule has 0 fully saturated rings. The number of para-hydroxylation sites is 2. The van der Waals surface area contributed by atoms with Crippen LogP contribution >= 0.6 is 0 Å². The Balaban J connectivity index is 1.76. The lowest BCUT2D eigenvalue weighted by atomic mass is 10.1. The largest absolute Gasteiger partial charge is 0.423 e. The molecular formula is C21H16N4O4. The number of hydrogen-bond acceptors (Lipinski definition) is 6. The number of rotatable bonds is 6. The Bertz CT molecular complexity index is 1170. The maximum Gasteiger partial charge on any atom is 0.343 e. The third-order valence-corrected chi connectivity index (χ3v) is 4.48. The molecule has 4 rings (SSSR count). The molecule has 144 valence electrons. The maximum atomic E-state index is 12.5.